The highest BCUT2D eigenvalue weighted by Gasteiger charge is 2.24. The van der Waals surface area contributed by atoms with Crippen molar-refractivity contribution in [2.75, 3.05) is 24.8 Å². The third-order valence-electron chi connectivity index (χ3n) is 2.45. The molecule has 0 aliphatic heterocycles. The van der Waals surface area contributed by atoms with Gasteiger partial charge in [-0.3, -0.25) is 9.09 Å². The second kappa shape index (κ2) is 8.67. The fourth-order valence-electron chi connectivity index (χ4n) is 1.42. The topological polar surface area (TPSA) is 111 Å². The van der Waals surface area contributed by atoms with E-state index >= 15 is 0 Å². The molecular weight excluding hydrogens is 344 g/mol. The summed E-state index contributed by atoms with van der Waals surface area (Å²) in [7, 11) is -1.85. The Morgan fingerprint density at radius 1 is 1.43 bits per heavy atom. The molecule has 0 radical (unpaired) electrons. The van der Waals surface area contributed by atoms with Gasteiger partial charge in [-0.25, -0.2) is 14.7 Å². The van der Waals surface area contributed by atoms with Crippen LogP contribution in [0, 0.1) is 10.1 Å². The van der Waals surface area contributed by atoms with Gasteiger partial charge in [0.15, 0.2) is 0 Å². The van der Waals surface area contributed by atoms with Crippen molar-refractivity contribution >= 4 is 36.8 Å². The summed E-state index contributed by atoms with van der Waals surface area (Å²) < 4.78 is 19.0. The smallest absolute Gasteiger partial charge is 0.390 e. The molecule has 0 spiro atoms. The quantitative estimate of drug-likeness (QED) is 0.282. The Kier molecular flexibility index (Phi) is 7.58. The summed E-state index contributed by atoms with van der Waals surface area (Å²) >= 11 is 11.1. The molecule has 0 bridgehead atoms. The summed E-state index contributed by atoms with van der Waals surface area (Å²) in [4.78, 5) is 13.7. The zero-order chi connectivity index (χ0) is 15.9. The molecule has 1 heterocycles. The van der Waals surface area contributed by atoms with Gasteiger partial charge in [0.1, 0.15) is 18.5 Å². The minimum absolute atomic E-state index is 0.112. The van der Waals surface area contributed by atoms with Gasteiger partial charge in [0.2, 0.25) is 0 Å². The van der Waals surface area contributed by atoms with Crippen LogP contribution >= 0.6 is 30.9 Å². The van der Waals surface area contributed by atoms with Crippen LogP contribution in [-0.4, -0.2) is 39.3 Å². The van der Waals surface area contributed by atoms with Gasteiger partial charge < -0.3 is 10.1 Å². The van der Waals surface area contributed by atoms with E-state index in [0.717, 1.165) is 0 Å². The summed E-state index contributed by atoms with van der Waals surface area (Å²) in [5, 5.41) is 16.0. The molecule has 0 aliphatic carbocycles. The molecule has 1 rings (SSSR count). The van der Waals surface area contributed by atoms with Crippen molar-refractivity contribution in [3.63, 3.8) is 0 Å². The molecule has 0 unspecified atom stereocenters. The fourth-order valence-corrected chi connectivity index (χ4v) is 3.29. The molecule has 0 atom stereocenters. The largest absolute Gasteiger partial charge is 0.434 e. The molecule has 120 valence electrons. The summed E-state index contributed by atoms with van der Waals surface area (Å²) in [6.45, 7) is 0.443. The van der Waals surface area contributed by atoms with Crippen LogP contribution in [0.1, 0.15) is 5.69 Å². The lowest BCUT2D eigenvalue weighted by Crippen LogP contribution is -2.27. The van der Waals surface area contributed by atoms with E-state index in [4.69, 9.17) is 27.7 Å². The molecule has 0 fully saturated rings. The molecule has 1 aromatic heterocycles. The first-order chi connectivity index (χ1) is 9.93. The van der Waals surface area contributed by atoms with E-state index in [1.165, 1.54) is 17.8 Å². The fraction of sp³-hybridized carbons (Fsp3) is 0.667. The van der Waals surface area contributed by atoms with Gasteiger partial charge in [0, 0.05) is 24.8 Å². The summed E-state index contributed by atoms with van der Waals surface area (Å²) in [5.41, 5.74) is 0.419. The predicted octanol–water partition coefficient (Wildman–Crippen LogP) is 1.61. The van der Waals surface area contributed by atoms with Crippen molar-refractivity contribution in [3.05, 3.63) is 22.0 Å². The van der Waals surface area contributed by atoms with E-state index in [0.29, 0.717) is 5.69 Å². The Hall–Kier alpha value is -0.700. The van der Waals surface area contributed by atoms with Crippen LogP contribution in [0.5, 0.6) is 0 Å². The molecular formula is C9H16Cl2N5O4P. The van der Waals surface area contributed by atoms with E-state index in [1.54, 1.807) is 0 Å². The highest BCUT2D eigenvalue weighted by Crippen LogP contribution is 2.38. The molecule has 1 aromatic rings. The van der Waals surface area contributed by atoms with Gasteiger partial charge in [-0.15, -0.1) is 23.2 Å². The number of halogens is 2. The second-order valence-corrected chi connectivity index (χ2v) is 6.63. The molecule has 2 N–H and O–H groups in total. The third kappa shape index (κ3) is 5.54. The van der Waals surface area contributed by atoms with Crippen LogP contribution in [0.4, 0.5) is 5.95 Å². The second-order valence-electron chi connectivity index (χ2n) is 3.88. The van der Waals surface area contributed by atoms with Gasteiger partial charge in [0.05, 0.1) is 7.05 Å². The predicted molar refractivity (Wildman–Crippen MR) is 79.7 cm³/mol. The Labute approximate surface area is 131 Å². The molecule has 9 nitrogen and oxygen atoms in total. The zero-order valence-corrected chi connectivity index (χ0v) is 13.7. The van der Waals surface area contributed by atoms with Crippen LogP contribution < -0.4 is 10.2 Å². The minimum Gasteiger partial charge on any atom is -0.390 e. The molecule has 12 heteroatoms. The van der Waals surface area contributed by atoms with Gasteiger partial charge in [-0.05, 0) is 4.92 Å². The molecule has 0 amide bonds. The SMILES string of the molecule is Cn1c(COP(=O)(NCCCl)NCCCl)cnc1[N+](=O)[O-]. The number of nitrogens with zero attached hydrogens (tertiary/aromatic N) is 3. The Morgan fingerprint density at radius 2 is 2.00 bits per heavy atom. The first-order valence-electron chi connectivity index (χ1n) is 5.95. The maximum atomic E-state index is 12.4. The van der Waals surface area contributed by atoms with Crippen molar-refractivity contribution in [3.8, 4) is 0 Å². The highest BCUT2D eigenvalue weighted by molar-refractivity contribution is 7.54. The van der Waals surface area contributed by atoms with Gasteiger partial charge in [-0.1, -0.05) is 4.98 Å². The lowest BCUT2D eigenvalue weighted by Gasteiger charge is -2.19. The number of aromatic nitrogens is 2. The maximum Gasteiger partial charge on any atom is 0.434 e. The Balaban J connectivity index is 2.72. The van der Waals surface area contributed by atoms with E-state index in [2.05, 4.69) is 15.2 Å². The first-order valence-corrected chi connectivity index (χ1v) is 8.64. The number of nitrogens with one attached hydrogen (secondary N) is 2. The van der Waals surface area contributed by atoms with Crippen LogP contribution in [0.2, 0.25) is 0 Å². The average Bonchev–Trinajstić information content (AvgIpc) is 2.82. The van der Waals surface area contributed by atoms with Crippen LogP contribution in [0.3, 0.4) is 0 Å². The number of imidazole rings is 1. The van der Waals surface area contributed by atoms with Crippen molar-refractivity contribution in [1.82, 2.24) is 19.7 Å². The minimum atomic E-state index is -3.33. The van der Waals surface area contributed by atoms with E-state index in [9.17, 15) is 14.7 Å². The highest BCUT2D eigenvalue weighted by atomic mass is 35.5. The Bertz CT molecular complexity index is 514. The van der Waals surface area contributed by atoms with Gasteiger partial charge in [-0.2, -0.15) is 0 Å². The Morgan fingerprint density at radius 3 is 2.43 bits per heavy atom. The van der Waals surface area contributed by atoms with Gasteiger partial charge in [0.25, 0.3) is 0 Å². The molecule has 0 aliphatic rings. The van der Waals surface area contributed by atoms with Crippen molar-refractivity contribution in [2.45, 2.75) is 6.61 Å². The first kappa shape index (κ1) is 18.3. The molecule has 0 aromatic carbocycles. The molecule has 0 saturated heterocycles. The number of hydrogen-bond donors (Lipinski definition) is 2. The van der Waals surface area contributed by atoms with Crippen molar-refractivity contribution in [2.24, 2.45) is 7.05 Å². The van der Waals surface area contributed by atoms with E-state index < -0.39 is 12.6 Å². The summed E-state index contributed by atoms with van der Waals surface area (Å²) in [5.74, 6) is 0.200. The number of rotatable bonds is 10. The van der Waals surface area contributed by atoms with E-state index in [1.807, 2.05) is 0 Å². The number of nitro groups is 1. The van der Waals surface area contributed by atoms with Crippen LogP contribution in [0.25, 0.3) is 0 Å². The van der Waals surface area contributed by atoms with E-state index in [-0.39, 0.29) is 37.4 Å². The average molecular weight is 360 g/mol. The summed E-state index contributed by atoms with van der Waals surface area (Å²) in [6, 6.07) is 0. The monoisotopic (exact) mass is 359 g/mol. The van der Waals surface area contributed by atoms with Gasteiger partial charge >= 0.3 is 13.6 Å². The standard InChI is InChI=1S/C9H16Cl2N5O4P/c1-15-8(6-12-9(15)16(17)18)7-20-21(19,13-4-2-10)14-5-3-11/h6H,2-5,7H2,1H3,(H2,13,14,19). The lowest BCUT2D eigenvalue weighted by molar-refractivity contribution is -0.396. The van der Waals surface area contributed by atoms with Crippen LogP contribution in [0.15, 0.2) is 6.20 Å². The van der Waals surface area contributed by atoms with Crippen molar-refractivity contribution in [1.29, 1.82) is 0 Å². The molecule has 21 heavy (non-hydrogen) atoms. The number of alkyl halides is 2. The molecule has 0 saturated carbocycles. The lowest BCUT2D eigenvalue weighted by atomic mass is 10.5. The zero-order valence-electron chi connectivity index (χ0n) is 11.3. The maximum absolute atomic E-state index is 12.4. The number of hydrogen-bond acceptors (Lipinski definition) is 5. The van der Waals surface area contributed by atoms with Crippen LogP contribution in [-0.2, 0) is 22.7 Å². The summed E-state index contributed by atoms with van der Waals surface area (Å²) in [6.07, 6.45) is 1.30. The van der Waals surface area contributed by atoms with Crippen molar-refractivity contribution < 1.29 is 14.0 Å². The third-order valence-corrected chi connectivity index (χ3v) is 4.60. The normalized spacial score (nSPS) is 11.8.